The third-order valence-electron chi connectivity index (χ3n) is 14.4. The molecule has 1 aromatic carbocycles. The van der Waals surface area contributed by atoms with Gasteiger partial charge >= 0.3 is 5.97 Å². The number of carbonyl (C=O) groups is 1. The number of nitrogens with one attached hydrogen (secondary N) is 3. The van der Waals surface area contributed by atoms with Crippen LogP contribution in [0.5, 0.6) is 0 Å². The Morgan fingerprint density at radius 2 is 1.77 bits per heavy atom. The molecule has 5 unspecified atom stereocenters. The zero-order chi connectivity index (χ0) is 41.6. The van der Waals surface area contributed by atoms with Crippen LogP contribution in [0.3, 0.4) is 0 Å². The second-order valence-corrected chi connectivity index (χ2v) is 20.4. The summed E-state index contributed by atoms with van der Waals surface area (Å²) >= 11 is 1.57. The zero-order valence-electron chi connectivity index (χ0n) is 35.8. The van der Waals surface area contributed by atoms with Crippen molar-refractivity contribution in [2.24, 2.45) is 22.7 Å². The molecule has 4 aliphatic carbocycles. The van der Waals surface area contributed by atoms with Gasteiger partial charge < -0.3 is 35.7 Å². The third-order valence-corrected chi connectivity index (χ3v) is 15.4. The topological polar surface area (TPSA) is 152 Å². The first-order chi connectivity index (χ1) is 28.9. The van der Waals surface area contributed by atoms with Crippen molar-refractivity contribution in [1.82, 2.24) is 30.4 Å². The Bertz CT molecular complexity index is 2270. The van der Waals surface area contributed by atoms with Crippen LogP contribution in [0.15, 0.2) is 42.1 Å². The minimum Gasteiger partial charge on any atom is -0.476 e. The summed E-state index contributed by atoms with van der Waals surface area (Å²) < 4.78 is 8.15. The molecule has 5 fully saturated rings. The maximum absolute atomic E-state index is 12.9. The molecular formula is C47H61N9O3S. The normalized spacial score (nSPS) is 28.2. The number of benzene rings is 1. The molecule has 13 heteroatoms. The second kappa shape index (κ2) is 16.4. The van der Waals surface area contributed by atoms with Crippen molar-refractivity contribution < 1.29 is 14.6 Å². The molecule has 0 amide bonds. The average Bonchev–Trinajstić information content (AvgIpc) is 3.35. The van der Waals surface area contributed by atoms with Crippen molar-refractivity contribution in [2.75, 3.05) is 49.5 Å². The van der Waals surface area contributed by atoms with Crippen molar-refractivity contribution in [3.8, 4) is 0 Å². The van der Waals surface area contributed by atoms with Crippen LogP contribution >= 0.6 is 11.3 Å². The summed E-state index contributed by atoms with van der Waals surface area (Å²) in [5, 5.41) is 36.2. The van der Waals surface area contributed by atoms with E-state index in [1.807, 2.05) is 43.0 Å². The number of nitrogens with zero attached hydrogens (tertiary/aromatic N) is 6. The lowest BCUT2D eigenvalue weighted by Crippen LogP contribution is -2.53. The van der Waals surface area contributed by atoms with Gasteiger partial charge in [0.05, 0.1) is 22.4 Å². The van der Waals surface area contributed by atoms with E-state index in [2.05, 4.69) is 45.6 Å². The SMILES string of the molecule is C/C(NCC1CC2(C)CC3(C)CC1CC(OCCN1CCCCCC1)(C2)C3)=C(/C=N)c1ccc(N2CCCc3c2nnc(Nc2nc4ccccc4s2)c3C)nc1C(=O)O. The van der Waals surface area contributed by atoms with Crippen LogP contribution in [0, 0.1) is 35.0 Å². The molecule has 4 saturated carbocycles. The number of pyridine rings is 1. The molecule has 1 saturated heterocycles. The van der Waals surface area contributed by atoms with Crippen LogP contribution in [0.2, 0.25) is 0 Å². The number of hydrogen-bond donors (Lipinski definition) is 4. The molecule has 0 radical (unpaired) electrons. The first-order valence-corrected chi connectivity index (χ1v) is 23.1. The number of aromatic nitrogens is 4. The third kappa shape index (κ3) is 8.16. The first kappa shape index (κ1) is 40.9. The molecule has 6 aliphatic rings. The number of likely N-dealkylation sites (tertiary alicyclic amines) is 1. The zero-order valence-corrected chi connectivity index (χ0v) is 36.6. The van der Waals surface area contributed by atoms with E-state index in [1.54, 1.807) is 17.4 Å². The van der Waals surface area contributed by atoms with Gasteiger partial charge in [-0.3, -0.25) is 0 Å². The Morgan fingerprint density at radius 3 is 2.53 bits per heavy atom. The van der Waals surface area contributed by atoms with Crippen LogP contribution in [-0.2, 0) is 11.2 Å². The Morgan fingerprint density at radius 1 is 0.983 bits per heavy atom. The number of para-hydroxylation sites is 1. The fourth-order valence-corrected chi connectivity index (χ4v) is 13.2. The number of aromatic carboxylic acids is 1. The van der Waals surface area contributed by atoms with Crippen molar-refractivity contribution in [2.45, 2.75) is 110 Å². The monoisotopic (exact) mass is 831 g/mol. The molecule has 4 bridgehead atoms. The fraction of sp³-hybridized carbons (Fsp3) is 0.574. The maximum atomic E-state index is 12.9. The van der Waals surface area contributed by atoms with Crippen molar-refractivity contribution in [3.63, 3.8) is 0 Å². The van der Waals surface area contributed by atoms with Crippen molar-refractivity contribution in [3.05, 3.63) is 64.5 Å². The highest BCUT2D eigenvalue weighted by Gasteiger charge is 2.60. The molecule has 2 aliphatic heterocycles. The first-order valence-electron chi connectivity index (χ1n) is 22.3. The molecule has 12 nitrogen and oxygen atoms in total. The van der Waals surface area contributed by atoms with Gasteiger partial charge in [-0.1, -0.05) is 50.2 Å². The molecular weight excluding hydrogens is 771 g/mol. The molecule has 3 aromatic heterocycles. The summed E-state index contributed by atoms with van der Waals surface area (Å²) in [6.45, 7) is 14.7. The summed E-state index contributed by atoms with van der Waals surface area (Å²) in [6.07, 6.45) is 15.3. The Labute approximate surface area is 358 Å². The van der Waals surface area contributed by atoms with E-state index in [9.17, 15) is 9.90 Å². The van der Waals surface area contributed by atoms with E-state index in [4.69, 9.17) is 20.1 Å². The number of thiazole rings is 1. The van der Waals surface area contributed by atoms with Crippen LogP contribution in [0.4, 0.5) is 22.6 Å². The number of anilines is 4. The molecule has 5 atom stereocenters. The van der Waals surface area contributed by atoms with Gasteiger partial charge in [0.1, 0.15) is 5.82 Å². The summed E-state index contributed by atoms with van der Waals surface area (Å²) in [4.78, 5) is 27.0. The Hall–Kier alpha value is -4.46. The number of ether oxygens (including phenoxy) is 1. The van der Waals surface area contributed by atoms with E-state index in [1.165, 1.54) is 64.2 Å². The Balaban J connectivity index is 0.913. The predicted molar refractivity (Wildman–Crippen MR) is 240 cm³/mol. The van der Waals surface area contributed by atoms with Gasteiger partial charge in [-0.15, -0.1) is 10.2 Å². The largest absolute Gasteiger partial charge is 0.476 e. The quantitative estimate of drug-likeness (QED) is 0.0954. The molecule has 318 valence electrons. The van der Waals surface area contributed by atoms with Gasteiger partial charge in [-0.25, -0.2) is 14.8 Å². The predicted octanol–water partition coefficient (Wildman–Crippen LogP) is 9.54. The molecule has 0 spiro atoms. The lowest BCUT2D eigenvalue weighted by Gasteiger charge is -2.56. The van der Waals surface area contributed by atoms with Crippen molar-refractivity contribution >= 4 is 61.9 Å². The minimum atomic E-state index is -1.13. The maximum Gasteiger partial charge on any atom is 0.355 e. The number of rotatable bonds is 13. The highest BCUT2D eigenvalue weighted by atomic mass is 32.1. The molecule has 4 aromatic rings. The smallest absolute Gasteiger partial charge is 0.355 e. The van der Waals surface area contributed by atoms with E-state index in [0.717, 1.165) is 84.0 Å². The summed E-state index contributed by atoms with van der Waals surface area (Å²) in [5.41, 5.74) is 5.12. The highest BCUT2D eigenvalue weighted by Crippen LogP contribution is 2.66. The molecule has 4 N–H and O–H groups in total. The number of fused-ring (bicyclic) bond motifs is 3. The van der Waals surface area contributed by atoms with E-state index >= 15 is 0 Å². The van der Waals surface area contributed by atoms with E-state index < -0.39 is 5.97 Å². The van der Waals surface area contributed by atoms with Crippen molar-refractivity contribution in [1.29, 1.82) is 5.41 Å². The lowest BCUT2D eigenvalue weighted by atomic mass is 9.53. The summed E-state index contributed by atoms with van der Waals surface area (Å²) in [5.74, 6) is 1.74. The van der Waals surface area contributed by atoms with Crippen LogP contribution in [0.1, 0.15) is 119 Å². The number of carboxylic acid groups (broad SMARTS) is 1. The van der Waals surface area contributed by atoms with Crippen LogP contribution in [0.25, 0.3) is 15.8 Å². The summed E-state index contributed by atoms with van der Waals surface area (Å²) in [6, 6.07) is 11.7. The van der Waals surface area contributed by atoms with Crippen LogP contribution < -0.4 is 15.5 Å². The van der Waals surface area contributed by atoms with Crippen LogP contribution in [-0.4, -0.2) is 87.3 Å². The minimum absolute atomic E-state index is 0.0461. The van der Waals surface area contributed by atoms with Gasteiger partial charge in [0, 0.05) is 53.8 Å². The number of hydrogen-bond acceptors (Lipinski definition) is 12. The molecule has 5 heterocycles. The number of allylic oxidation sites excluding steroid dienone is 2. The standard InChI is InChI=1S/C47H61N9O3S/c1-30-34-12-11-19-56(42(34)54-53-41(30)52-44-50-37-13-7-8-14-38(37)60-44)39-16-15-35(40(51-39)43(57)58)36(25-48)31(2)49-26-33-23-46(4)27-45(3)22-32(33)24-47(28-45,29-46)59-21-20-55-17-9-5-6-10-18-55/h7-8,13-16,25,32-33,48-49H,5-6,9-12,17-24,26-29H2,1-4H3,(H,57,58)(H,50,52,53)/b36-31+,48-25?. The summed E-state index contributed by atoms with van der Waals surface area (Å²) in [7, 11) is 0. The van der Waals surface area contributed by atoms with E-state index in [0.29, 0.717) is 47.0 Å². The highest BCUT2D eigenvalue weighted by molar-refractivity contribution is 7.22. The van der Waals surface area contributed by atoms with Gasteiger partial charge in [0.25, 0.3) is 0 Å². The Kier molecular flexibility index (Phi) is 11.2. The van der Waals surface area contributed by atoms with Gasteiger partial charge in [-0.05, 0) is 138 Å². The van der Waals surface area contributed by atoms with Gasteiger partial charge in [-0.2, -0.15) is 0 Å². The van der Waals surface area contributed by atoms with Gasteiger partial charge in [0.15, 0.2) is 22.5 Å². The molecule has 60 heavy (non-hydrogen) atoms. The molecule has 10 rings (SSSR count). The lowest BCUT2D eigenvalue weighted by molar-refractivity contribution is -0.165. The van der Waals surface area contributed by atoms with Gasteiger partial charge in [0.2, 0.25) is 0 Å². The average molecular weight is 832 g/mol. The number of carboxylic acids is 1. The van der Waals surface area contributed by atoms with E-state index in [-0.39, 0.29) is 22.1 Å². The second-order valence-electron chi connectivity index (χ2n) is 19.3. The fourth-order valence-electron chi connectivity index (χ4n) is 12.4.